The number of aliphatic hydroxyl groups excluding tert-OH is 1. The van der Waals surface area contributed by atoms with Crippen LogP contribution in [0.25, 0.3) is 0 Å². The number of halogens is 4. The largest absolute Gasteiger partial charge is 0.433 e. The van der Waals surface area contributed by atoms with Crippen molar-refractivity contribution in [3.8, 4) is 0 Å². The minimum Gasteiger partial charge on any atom is -0.396 e. The van der Waals surface area contributed by atoms with E-state index in [0.29, 0.717) is 18.9 Å². The molecule has 1 rings (SSSR count). The smallest absolute Gasteiger partial charge is 0.396 e. The number of alkyl halides is 3. The molecule has 0 spiro atoms. The van der Waals surface area contributed by atoms with Crippen molar-refractivity contribution >= 4 is 21.6 Å². The quantitative estimate of drug-likeness (QED) is 0.774. The van der Waals surface area contributed by atoms with Gasteiger partial charge in [0.25, 0.3) is 0 Å². The Hall–Kier alpha value is -0.900. The number of nitrogens with zero attached hydrogens (tertiary/aromatic N) is 1. The summed E-state index contributed by atoms with van der Waals surface area (Å²) >= 11 is 5.54. The summed E-state index contributed by atoms with van der Waals surface area (Å²) in [6.07, 6.45) is -3.93. The number of sulfonamides is 1. The van der Waals surface area contributed by atoms with Gasteiger partial charge in [0.2, 0.25) is 10.0 Å². The minimum absolute atomic E-state index is 0.0886. The second kappa shape index (κ2) is 6.91. The van der Waals surface area contributed by atoms with Gasteiger partial charge in [0.05, 0.1) is 0 Å². The highest BCUT2D eigenvalue weighted by Crippen LogP contribution is 2.30. The maximum atomic E-state index is 12.4. The highest BCUT2D eigenvalue weighted by molar-refractivity contribution is 7.89. The molecule has 0 saturated carbocycles. The third-order valence-electron chi connectivity index (χ3n) is 2.55. The van der Waals surface area contributed by atoms with Crippen LogP contribution in [0.15, 0.2) is 17.0 Å². The predicted molar refractivity (Wildman–Crippen MR) is 70.4 cm³/mol. The molecule has 0 aliphatic rings. The molecule has 21 heavy (non-hydrogen) atoms. The van der Waals surface area contributed by atoms with Gasteiger partial charge in [0.15, 0.2) is 0 Å². The molecule has 0 aliphatic carbocycles. The van der Waals surface area contributed by atoms with Crippen LogP contribution in [0.3, 0.4) is 0 Å². The number of pyridine rings is 1. The van der Waals surface area contributed by atoms with E-state index >= 15 is 0 Å². The van der Waals surface area contributed by atoms with Gasteiger partial charge in [-0.2, -0.15) is 13.2 Å². The Morgan fingerprint density at radius 3 is 2.52 bits per heavy atom. The molecule has 1 aromatic rings. The number of aromatic nitrogens is 1. The third kappa shape index (κ3) is 5.10. The van der Waals surface area contributed by atoms with Gasteiger partial charge in [-0.1, -0.05) is 11.6 Å². The second-order valence-corrected chi connectivity index (χ2v) is 6.41. The van der Waals surface area contributed by atoms with E-state index in [1.165, 1.54) is 0 Å². The summed E-state index contributed by atoms with van der Waals surface area (Å²) in [4.78, 5) is 2.54. The van der Waals surface area contributed by atoms with Crippen LogP contribution in [0.1, 0.15) is 25.5 Å². The number of aliphatic hydroxyl groups is 1. The van der Waals surface area contributed by atoms with E-state index in [1.807, 2.05) is 0 Å². The molecular weight excluding hydrogens is 333 g/mol. The average molecular weight is 347 g/mol. The van der Waals surface area contributed by atoms with Crippen LogP contribution in [0.5, 0.6) is 0 Å². The molecule has 2 N–H and O–H groups in total. The van der Waals surface area contributed by atoms with Crippen LogP contribution < -0.4 is 4.72 Å². The number of rotatable bonds is 6. The van der Waals surface area contributed by atoms with Crippen molar-refractivity contribution in [1.29, 1.82) is 0 Å². The van der Waals surface area contributed by atoms with Gasteiger partial charge < -0.3 is 5.11 Å². The van der Waals surface area contributed by atoms with Crippen LogP contribution in [0.2, 0.25) is 5.15 Å². The monoisotopic (exact) mass is 346 g/mol. The molecule has 0 amide bonds. The van der Waals surface area contributed by atoms with Crippen LogP contribution in [-0.4, -0.2) is 31.2 Å². The first-order chi connectivity index (χ1) is 9.58. The molecule has 0 fully saturated rings. The Balaban J connectivity index is 2.99. The van der Waals surface area contributed by atoms with Crippen LogP contribution >= 0.6 is 11.6 Å². The molecule has 0 saturated heterocycles. The lowest BCUT2D eigenvalue weighted by Crippen LogP contribution is -2.33. The van der Waals surface area contributed by atoms with Crippen LogP contribution in [0, 0.1) is 0 Å². The molecule has 10 heteroatoms. The van der Waals surface area contributed by atoms with Crippen molar-refractivity contribution in [2.45, 2.75) is 36.9 Å². The minimum atomic E-state index is -4.70. The van der Waals surface area contributed by atoms with E-state index < -0.39 is 38.0 Å². The summed E-state index contributed by atoms with van der Waals surface area (Å²) in [6.45, 7) is 1.48. The summed E-state index contributed by atoms with van der Waals surface area (Å²) in [5.41, 5.74) is -1.26. The first-order valence-corrected chi connectivity index (χ1v) is 7.81. The molecule has 0 aromatic carbocycles. The molecule has 0 bridgehead atoms. The summed E-state index contributed by atoms with van der Waals surface area (Å²) in [5.74, 6) is 0. The zero-order valence-electron chi connectivity index (χ0n) is 11.0. The molecule has 1 heterocycles. The van der Waals surface area contributed by atoms with E-state index in [1.54, 1.807) is 6.92 Å². The van der Waals surface area contributed by atoms with Crippen LogP contribution in [-0.2, 0) is 16.2 Å². The highest BCUT2D eigenvalue weighted by atomic mass is 35.5. The van der Waals surface area contributed by atoms with Gasteiger partial charge >= 0.3 is 6.18 Å². The third-order valence-corrected chi connectivity index (χ3v) is 4.57. The van der Waals surface area contributed by atoms with Gasteiger partial charge in [-0.3, -0.25) is 0 Å². The lowest BCUT2D eigenvalue weighted by atomic mass is 10.2. The van der Waals surface area contributed by atoms with Gasteiger partial charge in [-0.15, -0.1) is 0 Å². The SMILES string of the molecule is C[C@H](CCCO)NS(=O)(=O)c1ccc(C(F)(F)F)nc1Cl. The van der Waals surface area contributed by atoms with Crippen molar-refractivity contribution in [3.63, 3.8) is 0 Å². The van der Waals surface area contributed by atoms with Gasteiger partial charge in [0, 0.05) is 12.6 Å². The number of hydrogen-bond acceptors (Lipinski definition) is 4. The van der Waals surface area contributed by atoms with E-state index in [2.05, 4.69) is 9.71 Å². The average Bonchev–Trinajstić information content (AvgIpc) is 2.34. The first kappa shape index (κ1) is 18.1. The zero-order chi connectivity index (χ0) is 16.3. The van der Waals surface area contributed by atoms with Crippen molar-refractivity contribution in [2.75, 3.05) is 6.61 Å². The van der Waals surface area contributed by atoms with E-state index in [9.17, 15) is 21.6 Å². The van der Waals surface area contributed by atoms with Crippen LogP contribution in [0.4, 0.5) is 13.2 Å². The fourth-order valence-corrected chi connectivity index (χ4v) is 3.31. The summed E-state index contributed by atoms with van der Waals surface area (Å²) in [5, 5.41) is 7.92. The van der Waals surface area contributed by atoms with E-state index in [-0.39, 0.29) is 6.61 Å². The maximum absolute atomic E-state index is 12.4. The summed E-state index contributed by atoms with van der Waals surface area (Å²) in [6, 6.07) is 0.818. The lowest BCUT2D eigenvalue weighted by molar-refractivity contribution is -0.141. The highest BCUT2D eigenvalue weighted by Gasteiger charge is 2.34. The van der Waals surface area contributed by atoms with Crippen molar-refractivity contribution in [3.05, 3.63) is 23.0 Å². The molecular formula is C11H14ClF3N2O3S. The number of nitrogens with one attached hydrogen (secondary N) is 1. The molecule has 1 atom stereocenters. The Morgan fingerprint density at radius 1 is 1.43 bits per heavy atom. The second-order valence-electron chi connectivity index (χ2n) is 4.37. The molecule has 0 unspecified atom stereocenters. The molecule has 0 radical (unpaired) electrons. The topological polar surface area (TPSA) is 79.3 Å². The van der Waals surface area contributed by atoms with Gasteiger partial charge in [-0.05, 0) is 31.9 Å². The zero-order valence-corrected chi connectivity index (χ0v) is 12.6. The molecule has 120 valence electrons. The fraction of sp³-hybridized carbons (Fsp3) is 0.545. The van der Waals surface area contributed by atoms with E-state index in [0.717, 1.165) is 6.07 Å². The van der Waals surface area contributed by atoms with Crippen molar-refractivity contribution in [2.24, 2.45) is 0 Å². The normalized spacial score (nSPS) is 14.2. The Morgan fingerprint density at radius 2 is 2.05 bits per heavy atom. The Kier molecular flexibility index (Phi) is 5.97. The molecule has 1 aromatic heterocycles. The Bertz CT molecular complexity index is 593. The predicted octanol–water partition coefficient (Wildman–Crippen LogP) is 2.19. The Labute approximate surface area is 125 Å². The lowest BCUT2D eigenvalue weighted by Gasteiger charge is -2.15. The molecule has 0 aliphatic heterocycles. The summed E-state index contributed by atoms with van der Waals surface area (Å²) < 4.78 is 63.6. The maximum Gasteiger partial charge on any atom is 0.433 e. The van der Waals surface area contributed by atoms with Crippen molar-refractivity contribution in [1.82, 2.24) is 9.71 Å². The van der Waals surface area contributed by atoms with Gasteiger partial charge in [-0.25, -0.2) is 18.1 Å². The standard InChI is InChI=1S/C11H14ClF3N2O3S/c1-7(3-2-6-18)17-21(19,20)8-4-5-9(11(13,14)15)16-10(8)12/h4-5,7,17-18H,2-3,6H2,1H3/t7-/m1/s1. The van der Waals surface area contributed by atoms with E-state index in [4.69, 9.17) is 16.7 Å². The summed E-state index contributed by atoms with van der Waals surface area (Å²) in [7, 11) is -4.08. The fourth-order valence-electron chi connectivity index (χ4n) is 1.56. The first-order valence-electron chi connectivity index (χ1n) is 5.95. The van der Waals surface area contributed by atoms with Crippen molar-refractivity contribution < 1.29 is 26.7 Å². The number of hydrogen-bond donors (Lipinski definition) is 2. The van der Waals surface area contributed by atoms with Gasteiger partial charge in [0.1, 0.15) is 15.7 Å². The molecule has 5 nitrogen and oxygen atoms in total.